The van der Waals surface area contributed by atoms with Crippen LogP contribution in [0.25, 0.3) is 105 Å². The van der Waals surface area contributed by atoms with Gasteiger partial charge in [0.15, 0.2) is 0 Å². The fraction of sp³-hybridized carbons (Fsp3) is 0.150. The molecule has 5 aliphatic carbocycles. The summed E-state index contributed by atoms with van der Waals surface area (Å²) in [6.45, 7) is 33.4. The number of hydrogen-bond donors (Lipinski definition) is 1. The number of aromatic nitrogens is 2. The molecule has 0 spiro atoms. The molecule has 2 aromatic heterocycles. The number of nitrogens with zero attached hydrogens (tertiary/aromatic N) is 2. The van der Waals surface area contributed by atoms with Gasteiger partial charge in [-0.1, -0.05) is 257 Å². The van der Waals surface area contributed by atoms with Crippen LogP contribution in [0.4, 0.5) is 0 Å². The molecule has 0 aliphatic heterocycles. The fourth-order valence-corrected chi connectivity index (χ4v) is 16.4. The van der Waals surface area contributed by atoms with Crippen LogP contribution in [-0.2, 0) is 46.6 Å². The zero-order chi connectivity index (χ0) is 73.1. The van der Waals surface area contributed by atoms with E-state index in [1.807, 2.05) is 103 Å². The number of fused-ring (bicyclic) bond motifs is 10. The molecular formula is C100H84IrN2O3-2. The SMILES string of the molecule is C=C(/C=C\C1=CC(C)(C)c2ccccc21)C(=C)/C=C1\C(=C)c2ccc(-c3cc(OC(=O)/C=C(/C)O)cc(-c4ccc5c(c4)C(C)(C)c4cc(-c6ccc7c(c6)C(C)(C)C6CC=CC=C76)ccc4-5)c3)cc2C1(C)C.[Ir].[c-]1ccc2ccccc2c1-c1ccccn1.[c-]1ccccc1-c1nccc2ccccc12. The first-order valence-electron chi connectivity index (χ1n) is 36.2. The Balaban J connectivity index is 0.000000231. The summed E-state index contributed by atoms with van der Waals surface area (Å²) < 4.78 is 5.94. The molecule has 0 fully saturated rings. The van der Waals surface area contributed by atoms with E-state index >= 15 is 0 Å². The van der Waals surface area contributed by atoms with Crippen molar-refractivity contribution in [3.05, 3.63) is 384 Å². The van der Waals surface area contributed by atoms with Crippen LogP contribution in [-0.4, -0.2) is 21.0 Å². The van der Waals surface area contributed by atoms with Crippen LogP contribution in [0.3, 0.4) is 0 Å². The third-order valence-electron chi connectivity index (χ3n) is 22.1. The number of carbonyl (C=O) groups is 1. The maximum Gasteiger partial charge on any atom is 0.339 e. The summed E-state index contributed by atoms with van der Waals surface area (Å²) in [4.78, 5) is 21.9. The average molecular weight is 1550 g/mol. The molecule has 1 radical (unpaired) electrons. The van der Waals surface area contributed by atoms with E-state index in [0.717, 1.165) is 90.7 Å². The predicted octanol–water partition coefficient (Wildman–Crippen LogP) is 25.3. The fourth-order valence-electron chi connectivity index (χ4n) is 16.4. The van der Waals surface area contributed by atoms with Crippen molar-refractivity contribution >= 4 is 44.2 Å². The molecule has 0 bridgehead atoms. The Hall–Kier alpha value is -11.4. The first-order chi connectivity index (χ1) is 50.5. The number of aliphatic hydroxyl groups is 1. The number of aliphatic hydroxyl groups excluding tert-OH is 1. The quantitative estimate of drug-likeness (QED) is 0.0349. The zero-order valence-electron chi connectivity index (χ0n) is 61.5. The standard InChI is InChI=1S/C70H64O3.2C15H10N.Ir/c1-41(21-22-49-40-67(5,6)59-19-15-13-17-54(49)59)42(2)31-61-44(4)53-27-23-47(38-62(53)69(61,9)10)50-33-51(35-52(34-50)73-66(72)32-43(3)71)48-26-30-58-57-29-25-46(37-64(57)70(11,12)65(58)39-48)45-24-28-56-55-18-14-16-20-60(55)68(7,8)63(56)36-45;1-2-8-13-12(6-1)7-5-9-14(13)15-10-3-4-11-16-15;1-2-7-13(8-3-1)15-14-9-5-4-6-12(14)10-11-16-15;/h13-19,21-40,60,71H,1-2,4,20H2,3,5-12H3;1-8,10-11H;1-7,9-11H;/q;2*-1;/b22-21-,43-32-,61-31+;;;. The van der Waals surface area contributed by atoms with Crippen LogP contribution in [0.1, 0.15) is 113 Å². The predicted molar refractivity (Wildman–Crippen MR) is 438 cm³/mol. The minimum absolute atomic E-state index is 0. The number of allylic oxidation sites excluding steroid dienone is 14. The summed E-state index contributed by atoms with van der Waals surface area (Å²) in [5.41, 5.74) is 28.8. The van der Waals surface area contributed by atoms with Crippen LogP contribution in [0.2, 0.25) is 0 Å². The molecule has 1 unspecified atom stereocenters. The van der Waals surface area contributed by atoms with Gasteiger partial charge in [-0.25, -0.2) is 4.79 Å². The number of ether oxygens (including phenoxy) is 1. The molecule has 0 saturated heterocycles. The molecule has 10 aromatic carbocycles. The molecule has 1 N–H and O–H groups in total. The Bertz CT molecular complexity index is 5640. The van der Waals surface area contributed by atoms with Gasteiger partial charge in [0.25, 0.3) is 0 Å². The van der Waals surface area contributed by atoms with Gasteiger partial charge in [-0.3, -0.25) is 0 Å². The third-order valence-corrected chi connectivity index (χ3v) is 22.1. The number of esters is 1. The van der Waals surface area contributed by atoms with Crippen molar-refractivity contribution in [3.8, 4) is 72.8 Å². The topological polar surface area (TPSA) is 72.3 Å². The summed E-state index contributed by atoms with van der Waals surface area (Å²) in [5.74, 6) is 0.133. The normalized spacial score (nSPS) is 16.5. The van der Waals surface area contributed by atoms with E-state index in [1.54, 1.807) is 0 Å². The van der Waals surface area contributed by atoms with Gasteiger partial charge in [0.1, 0.15) is 5.75 Å². The smallest absolute Gasteiger partial charge is 0.339 e. The second kappa shape index (κ2) is 28.6. The summed E-state index contributed by atoms with van der Waals surface area (Å²) in [5, 5.41) is 14.8. The van der Waals surface area contributed by atoms with E-state index < -0.39 is 11.4 Å². The molecule has 12 aromatic rings. The first-order valence-corrected chi connectivity index (χ1v) is 36.2. The Morgan fingerprint density at radius 3 is 1.83 bits per heavy atom. The zero-order valence-corrected chi connectivity index (χ0v) is 63.9. The first kappa shape index (κ1) is 71.6. The van der Waals surface area contributed by atoms with Crippen LogP contribution in [0, 0.1) is 18.1 Å². The van der Waals surface area contributed by atoms with Crippen molar-refractivity contribution in [3.63, 3.8) is 0 Å². The van der Waals surface area contributed by atoms with Gasteiger partial charge < -0.3 is 19.8 Å². The molecule has 0 saturated carbocycles. The maximum atomic E-state index is 13.1. The Morgan fingerprint density at radius 2 is 1.16 bits per heavy atom. The van der Waals surface area contributed by atoms with Crippen molar-refractivity contribution in [2.24, 2.45) is 5.92 Å². The number of hydrogen-bond acceptors (Lipinski definition) is 5. The van der Waals surface area contributed by atoms with Gasteiger partial charge in [-0.05, 0) is 224 Å². The van der Waals surface area contributed by atoms with Gasteiger partial charge in [-0.2, -0.15) is 0 Å². The summed E-state index contributed by atoms with van der Waals surface area (Å²) >= 11 is 0. The van der Waals surface area contributed by atoms with Crippen LogP contribution >= 0.6 is 0 Å². The van der Waals surface area contributed by atoms with Crippen molar-refractivity contribution in [1.29, 1.82) is 0 Å². The van der Waals surface area contributed by atoms with E-state index in [9.17, 15) is 9.90 Å². The molecule has 2 heterocycles. The molecular weight excluding hydrogens is 1470 g/mol. The molecule has 5 nitrogen and oxygen atoms in total. The monoisotopic (exact) mass is 1550 g/mol. The van der Waals surface area contributed by atoms with Crippen molar-refractivity contribution in [2.45, 2.75) is 90.4 Å². The van der Waals surface area contributed by atoms with E-state index in [4.69, 9.17) is 4.74 Å². The van der Waals surface area contributed by atoms with Crippen LogP contribution in [0.5, 0.6) is 5.75 Å². The summed E-state index contributed by atoms with van der Waals surface area (Å²) in [6, 6.07) is 84.9. The Labute approximate surface area is 637 Å². The van der Waals surface area contributed by atoms with Gasteiger partial charge in [0, 0.05) is 48.7 Å². The summed E-state index contributed by atoms with van der Waals surface area (Å²) in [6.07, 6.45) is 21.4. The Kier molecular flexibility index (Phi) is 19.3. The van der Waals surface area contributed by atoms with Gasteiger partial charge in [-0.15, -0.1) is 65.0 Å². The minimum atomic E-state index is -0.643. The third kappa shape index (κ3) is 13.4. The maximum absolute atomic E-state index is 13.1. The number of pyridine rings is 2. The number of rotatable bonds is 11. The Morgan fingerprint density at radius 1 is 0.557 bits per heavy atom. The van der Waals surface area contributed by atoms with Gasteiger partial charge in [0.2, 0.25) is 0 Å². The van der Waals surface area contributed by atoms with Gasteiger partial charge in [0.05, 0.1) is 11.8 Å². The van der Waals surface area contributed by atoms with Crippen LogP contribution in [0.15, 0.2) is 328 Å². The average Bonchev–Trinajstić information content (AvgIpc) is 1.60. The second-order valence-electron chi connectivity index (χ2n) is 30.4. The molecule has 1 atom stereocenters. The van der Waals surface area contributed by atoms with Crippen molar-refractivity contribution in [1.82, 2.24) is 9.97 Å². The molecule has 106 heavy (non-hydrogen) atoms. The summed E-state index contributed by atoms with van der Waals surface area (Å²) in [7, 11) is 0. The molecule has 6 heteroatoms. The van der Waals surface area contributed by atoms with E-state index in [0.29, 0.717) is 11.7 Å². The molecule has 523 valence electrons. The largest absolute Gasteiger partial charge is 0.512 e. The van der Waals surface area contributed by atoms with Gasteiger partial charge >= 0.3 is 5.97 Å². The molecule has 5 aliphatic rings. The van der Waals surface area contributed by atoms with E-state index in [1.165, 1.54) is 95.2 Å². The second-order valence-corrected chi connectivity index (χ2v) is 30.4. The number of benzene rings is 10. The molecule has 17 rings (SSSR count). The van der Waals surface area contributed by atoms with Crippen molar-refractivity contribution < 1.29 is 34.7 Å². The minimum Gasteiger partial charge on any atom is -0.512 e. The number of carbonyl (C=O) groups excluding carboxylic acids is 1. The van der Waals surface area contributed by atoms with E-state index in [-0.39, 0.29) is 42.1 Å². The molecule has 0 amide bonds. The van der Waals surface area contributed by atoms with E-state index in [2.05, 4.69) is 273 Å². The van der Waals surface area contributed by atoms with Crippen LogP contribution < -0.4 is 4.74 Å². The van der Waals surface area contributed by atoms with Crippen molar-refractivity contribution in [2.75, 3.05) is 0 Å².